The van der Waals surface area contributed by atoms with Gasteiger partial charge in [0.2, 0.25) is 0 Å². The zero-order valence-corrected chi connectivity index (χ0v) is 11.7. The molecule has 3 N–H and O–H groups in total. The maximum absolute atomic E-state index is 5.81. The summed E-state index contributed by atoms with van der Waals surface area (Å²) in [6, 6.07) is 6.14. The van der Waals surface area contributed by atoms with Crippen molar-refractivity contribution in [2.24, 2.45) is 17.8 Å². The number of anilines is 2. The van der Waals surface area contributed by atoms with Crippen LogP contribution in [0.4, 0.5) is 11.4 Å². The molecule has 0 unspecified atom stereocenters. The zero-order valence-electron chi connectivity index (χ0n) is 11.7. The molecule has 0 aliphatic rings. The number of nitrogens with two attached hydrogens (primary N) is 1. The van der Waals surface area contributed by atoms with Gasteiger partial charge in [-0.05, 0) is 48.4 Å². The largest absolute Gasteiger partial charge is 0.399 e. The van der Waals surface area contributed by atoms with E-state index in [0.717, 1.165) is 17.8 Å². The van der Waals surface area contributed by atoms with Crippen molar-refractivity contribution < 1.29 is 0 Å². The van der Waals surface area contributed by atoms with Crippen molar-refractivity contribution >= 4 is 11.4 Å². The first-order valence-electron chi connectivity index (χ1n) is 6.51. The Hall–Kier alpha value is -1.18. The average Bonchev–Trinajstić information content (AvgIpc) is 2.22. The Morgan fingerprint density at radius 2 is 1.71 bits per heavy atom. The van der Waals surface area contributed by atoms with Crippen LogP contribution in [0.3, 0.4) is 0 Å². The number of nitrogens with one attached hydrogen (secondary N) is 1. The number of nitrogen functional groups attached to an aromatic ring is 1. The van der Waals surface area contributed by atoms with Gasteiger partial charge in [-0.25, -0.2) is 0 Å². The van der Waals surface area contributed by atoms with Crippen molar-refractivity contribution in [2.45, 2.75) is 34.6 Å². The summed E-state index contributed by atoms with van der Waals surface area (Å²) < 4.78 is 0. The van der Waals surface area contributed by atoms with Gasteiger partial charge in [-0.1, -0.05) is 27.7 Å². The molecule has 0 amide bonds. The predicted octanol–water partition coefficient (Wildman–Crippen LogP) is 3.92. The van der Waals surface area contributed by atoms with E-state index >= 15 is 0 Å². The second kappa shape index (κ2) is 5.95. The van der Waals surface area contributed by atoms with E-state index in [1.807, 2.05) is 13.0 Å². The molecule has 0 heterocycles. The van der Waals surface area contributed by atoms with Crippen molar-refractivity contribution in [1.29, 1.82) is 0 Å². The van der Waals surface area contributed by atoms with Crippen molar-refractivity contribution in [3.8, 4) is 0 Å². The number of benzene rings is 1. The van der Waals surface area contributed by atoms with Crippen LogP contribution in [0.1, 0.15) is 33.3 Å². The number of hydrogen-bond acceptors (Lipinski definition) is 2. The minimum absolute atomic E-state index is 0.702. The van der Waals surface area contributed by atoms with Crippen LogP contribution >= 0.6 is 0 Å². The third kappa shape index (κ3) is 3.95. The minimum atomic E-state index is 0.702. The minimum Gasteiger partial charge on any atom is -0.399 e. The molecule has 1 rings (SSSR count). The third-order valence-electron chi connectivity index (χ3n) is 3.52. The Balaban J connectivity index is 2.62. The smallest absolute Gasteiger partial charge is 0.0345 e. The lowest BCUT2D eigenvalue weighted by Crippen LogP contribution is -2.24. The van der Waals surface area contributed by atoms with Crippen molar-refractivity contribution in [1.82, 2.24) is 0 Å². The molecule has 0 saturated carbocycles. The van der Waals surface area contributed by atoms with Gasteiger partial charge in [0.15, 0.2) is 0 Å². The lowest BCUT2D eigenvalue weighted by atomic mass is 9.85. The zero-order chi connectivity index (χ0) is 13.0. The SMILES string of the molecule is Cc1cc(NCC(C(C)C)C(C)C)ccc1N. The second-order valence-corrected chi connectivity index (χ2v) is 5.60. The molecule has 0 aliphatic heterocycles. The van der Waals surface area contributed by atoms with E-state index in [4.69, 9.17) is 5.73 Å². The molecule has 0 atom stereocenters. The summed E-state index contributed by atoms with van der Waals surface area (Å²) in [5, 5.41) is 3.52. The molecular formula is C15H26N2. The fourth-order valence-corrected chi connectivity index (χ4v) is 2.26. The Kier molecular flexibility index (Phi) is 4.86. The van der Waals surface area contributed by atoms with Crippen LogP contribution in [-0.2, 0) is 0 Å². The van der Waals surface area contributed by atoms with Gasteiger partial charge in [0, 0.05) is 17.9 Å². The quantitative estimate of drug-likeness (QED) is 0.758. The van der Waals surface area contributed by atoms with E-state index in [9.17, 15) is 0 Å². The molecule has 0 bridgehead atoms. The fraction of sp³-hybridized carbons (Fsp3) is 0.600. The standard InChI is InChI=1S/C15H26N2/c1-10(2)14(11(3)4)9-17-13-6-7-15(16)12(5)8-13/h6-8,10-11,14,17H,9,16H2,1-5H3. The Morgan fingerprint density at radius 3 is 2.18 bits per heavy atom. The average molecular weight is 234 g/mol. The summed E-state index contributed by atoms with van der Waals surface area (Å²) in [4.78, 5) is 0. The highest BCUT2D eigenvalue weighted by Crippen LogP contribution is 2.22. The number of aryl methyl sites for hydroxylation is 1. The van der Waals surface area contributed by atoms with Crippen LogP contribution in [0, 0.1) is 24.7 Å². The van der Waals surface area contributed by atoms with Crippen molar-refractivity contribution in [3.05, 3.63) is 23.8 Å². The second-order valence-electron chi connectivity index (χ2n) is 5.60. The van der Waals surface area contributed by atoms with Gasteiger partial charge in [-0.2, -0.15) is 0 Å². The predicted molar refractivity (Wildman–Crippen MR) is 77.2 cm³/mol. The maximum Gasteiger partial charge on any atom is 0.0345 e. The third-order valence-corrected chi connectivity index (χ3v) is 3.52. The highest BCUT2D eigenvalue weighted by atomic mass is 14.9. The van der Waals surface area contributed by atoms with E-state index in [1.54, 1.807) is 0 Å². The summed E-state index contributed by atoms with van der Waals surface area (Å²) in [5.41, 5.74) is 8.98. The maximum atomic E-state index is 5.81. The van der Waals surface area contributed by atoms with Crippen LogP contribution in [0.5, 0.6) is 0 Å². The van der Waals surface area contributed by atoms with E-state index in [1.165, 1.54) is 5.69 Å². The number of rotatable bonds is 5. The molecular weight excluding hydrogens is 208 g/mol. The van der Waals surface area contributed by atoms with Gasteiger partial charge in [-0.3, -0.25) is 0 Å². The van der Waals surface area contributed by atoms with Gasteiger partial charge in [-0.15, -0.1) is 0 Å². The lowest BCUT2D eigenvalue weighted by molar-refractivity contribution is 0.304. The summed E-state index contributed by atoms with van der Waals surface area (Å²) in [6.45, 7) is 12.2. The molecule has 2 heteroatoms. The van der Waals surface area contributed by atoms with E-state index in [-0.39, 0.29) is 0 Å². The van der Waals surface area contributed by atoms with Gasteiger partial charge in [0.1, 0.15) is 0 Å². The van der Waals surface area contributed by atoms with E-state index in [2.05, 4.69) is 45.1 Å². The molecule has 0 aromatic heterocycles. The van der Waals surface area contributed by atoms with Crippen LogP contribution in [0.15, 0.2) is 18.2 Å². The molecule has 0 radical (unpaired) electrons. The van der Waals surface area contributed by atoms with Crippen LogP contribution in [0.25, 0.3) is 0 Å². The summed E-state index contributed by atoms with van der Waals surface area (Å²) in [6.07, 6.45) is 0. The molecule has 0 saturated heterocycles. The normalized spacial score (nSPS) is 11.5. The van der Waals surface area contributed by atoms with Gasteiger partial charge in [0.25, 0.3) is 0 Å². The molecule has 1 aromatic carbocycles. The first kappa shape index (κ1) is 13.9. The highest BCUT2D eigenvalue weighted by molar-refractivity contribution is 5.56. The summed E-state index contributed by atoms with van der Waals surface area (Å²) in [5.74, 6) is 2.11. The Bertz CT molecular complexity index is 348. The van der Waals surface area contributed by atoms with Gasteiger partial charge < -0.3 is 11.1 Å². The molecule has 17 heavy (non-hydrogen) atoms. The van der Waals surface area contributed by atoms with Crippen LogP contribution in [-0.4, -0.2) is 6.54 Å². The summed E-state index contributed by atoms with van der Waals surface area (Å²) >= 11 is 0. The molecule has 96 valence electrons. The lowest BCUT2D eigenvalue weighted by Gasteiger charge is -2.25. The first-order valence-corrected chi connectivity index (χ1v) is 6.51. The molecule has 0 spiro atoms. The number of hydrogen-bond donors (Lipinski definition) is 2. The fourth-order valence-electron chi connectivity index (χ4n) is 2.26. The van der Waals surface area contributed by atoms with Crippen LogP contribution in [0.2, 0.25) is 0 Å². The van der Waals surface area contributed by atoms with Crippen molar-refractivity contribution in [2.75, 3.05) is 17.6 Å². The molecule has 0 fully saturated rings. The first-order chi connectivity index (χ1) is 7.91. The van der Waals surface area contributed by atoms with E-state index in [0.29, 0.717) is 17.8 Å². The van der Waals surface area contributed by atoms with Crippen molar-refractivity contribution in [3.63, 3.8) is 0 Å². The van der Waals surface area contributed by atoms with E-state index < -0.39 is 0 Å². The molecule has 1 aromatic rings. The monoisotopic (exact) mass is 234 g/mol. The summed E-state index contributed by atoms with van der Waals surface area (Å²) in [7, 11) is 0. The topological polar surface area (TPSA) is 38.0 Å². The molecule has 0 aliphatic carbocycles. The van der Waals surface area contributed by atoms with Gasteiger partial charge in [0.05, 0.1) is 0 Å². The van der Waals surface area contributed by atoms with Crippen LogP contribution < -0.4 is 11.1 Å². The molecule has 2 nitrogen and oxygen atoms in total. The Labute approximate surface area is 106 Å². The Morgan fingerprint density at radius 1 is 1.12 bits per heavy atom. The highest BCUT2D eigenvalue weighted by Gasteiger charge is 2.16. The van der Waals surface area contributed by atoms with Gasteiger partial charge >= 0.3 is 0 Å².